The Morgan fingerprint density at radius 1 is 1.04 bits per heavy atom. The maximum Gasteiger partial charge on any atom is 0.173 e. The lowest BCUT2D eigenvalue weighted by molar-refractivity contribution is 0.217. The smallest absolute Gasteiger partial charge is 0.173 e. The van der Waals surface area contributed by atoms with Crippen molar-refractivity contribution < 1.29 is 0 Å². The van der Waals surface area contributed by atoms with Gasteiger partial charge < -0.3 is 0 Å². The molecule has 1 aromatic heterocycles. The highest BCUT2D eigenvalue weighted by molar-refractivity contribution is 5.36. The third-order valence-corrected chi connectivity index (χ3v) is 5.77. The maximum absolute atomic E-state index is 9.35. The summed E-state index contributed by atoms with van der Waals surface area (Å²) >= 11 is 0. The van der Waals surface area contributed by atoms with E-state index in [0.29, 0.717) is 11.6 Å². The fraction of sp³-hybridized carbons (Fsp3) is 0.600. The molecule has 1 aromatic carbocycles. The number of rotatable bonds is 4. The largest absolute Gasteiger partial charge is 0.290 e. The summed E-state index contributed by atoms with van der Waals surface area (Å²) in [6, 6.07) is 10.7. The van der Waals surface area contributed by atoms with Crippen LogP contribution in [0.3, 0.4) is 0 Å². The van der Waals surface area contributed by atoms with E-state index >= 15 is 0 Å². The molecule has 0 N–H and O–H groups in total. The highest BCUT2D eigenvalue weighted by atomic mass is 15.6. The van der Waals surface area contributed by atoms with Crippen molar-refractivity contribution >= 4 is 0 Å². The van der Waals surface area contributed by atoms with Gasteiger partial charge in [0.15, 0.2) is 5.82 Å². The van der Waals surface area contributed by atoms with Gasteiger partial charge in [0.1, 0.15) is 0 Å². The molecule has 1 saturated heterocycles. The van der Waals surface area contributed by atoms with Crippen LogP contribution in [-0.2, 0) is 0 Å². The average Bonchev–Trinajstić information content (AvgIpc) is 3.30. The minimum absolute atomic E-state index is 0.0250. The van der Waals surface area contributed by atoms with Crippen molar-refractivity contribution in [3.05, 3.63) is 41.2 Å². The lowest BCUT2D eigenvalue weighted by Crippen LogP contribution is -2.33. The molecule has 6 nitrogen and oxygen atoms in total. The van der Waals surface area contributed by atoms with E-state index in [-0.39, 0.29) is 6.04 Å². The van der Waals surface area contributed by atoms with Crippen molar-refractivity contribution in [1.82, 2.24) is 25.1 Å². The summed E-state index contributed by atoms with van der Waals surface area (Å²) in [5.41, 5.74) is 1.82. The van der Waals surface area contributed by atoms with Crippen LogP contribution in [0.1, 0.15) is 80.4 Å². The summed E-state index contributed by atoms with van der Waals surface area (Å²) in [5.74, 6) is 0.939. The molecule has 0 radical (unpaired) electrons. The fourth-order valence-electron chi connectivity index (χ4n) is 4.44. The first kappa shape index (κ1) is 17.2. The van der Waals surface area contributed by atoms with E-state index in [1.54, 1.807) is 0 Å². The molecule has 26 heavy (non-hydrogen) atoms. The molecular weight excluding hydrogens is 324 g/mol. The molecule has 1 saturated carbocycles. The quantitative estimate of drug-likeness (QED) is 0.842. The van der Waals surface area contributed by atoms with Gasteiger partial charge in [-0.3, -0.25) is 4.90 Å². The third kappa shape index (κ3) is 3.49. The predicted octanol–water partition coefficient (Wildman–Crippen LogP) is 3.63. The zero-order valence-electron chi connectivity index (χ0n) is 15.2. The Kier molecular flexibility index (Phi) is 5.26. The standard InChI is InChI=1S/C20H26N6/c21-15-16-8-7-9-17(14-16)19(25-12-5-1-2-6-13-25)20-22-23-24-26(20)18-10-3-4-11-18/h7-9,14,18-19H,1-6,10-13H2/t19-/m0/s1. The van der Waals surface area contributed by atoms with Gasteiger partial charge in [-0.1, -0.05) is 37.8 Å². The highest BCUT2D eigenvalue weighted by Gasteiger charge is 2.31. The number of tetrazole rings is 1. The fourth-order valence-corrected chi connectivity index (χ4v) is 4.44. The van der Waals surface area contributed by atoms with Crippen LogP contribution in [0.25, 0.3) is 0 Å². The van der Waals surface area contributed by atoms with Gasteiger partial charge in [-0.15, -0.1) is 5.10 Å². The first-order valence-electron chi connectivity index (χ1n) is 9.88. The zero-order chi connectivity index (χ0) is 17.8. The Morgan fingerprint density at radius 2 is 1.81 bits per heavy atom. The van der Waals surface area contributed by atoms with Crippen molar-refractivity contribution in [3.63, 3.8) is 0 Å². The van der Waals surface area contributed by atoms with E-state index in [1.165, 1.54) is 38.5 Å². The lowest BCUT2D eigenvalue weighted by atomic mass is 10.0. The van der Waals surface area contributed by atoms with Crippen molar-refractivity contribution in [2.45, 2.75) is 63.5 Å². The number of hydrogen-bond acceptors (Lipinski definition) is 5. The summed E-state index contributed by atoms with van der Waals surface area (Å²) in [5, 5.41) is 22.2. The van der Waals surface area contributed by atoms with Crippen LogP contribution < -0.4 is 0 Å². The van der Waals surface area contributed by atoms with Crippen LogP contribution in [0, 0.1) is 11.3 Å². The summed E-state index contributed by atoms with van der Waals surface area (Å²) in [6.45, 7) is 2.11. The van der Waals surface area contributed by atoms with Crippen LogP contribution in [-0.4, -0.2) is 38.2 Å². The molecule has 2 aromatic rings. The first-order chi connectivity index (χ1) is 12.9. The van der Waals surface area contributed by atoms with Crippen molar-refractivity contribution in [2.75, 3.05) is 13.1 Å². The molecule has 1 atom stereocenters. The number of nitriles is 1. The predicted molar refractivity (Wildman–Crippen MR) is 98.4 cm³/mol. The Balaban J connectivity index is 1.75. The van der Waals surface area contributed by atoms with Gasteiger partial charge in [0.05, 0.1) is 23.7 Å². The van der Waals surface area contributed by atoms with E-state index < -0.39 is 0 Å². The molecule has 1 aliphatic heterocycles. The Morgan fingerprint density at radius 3 is 2.54 bits per heavy atom. The number of likely N-dealkylation sites (tertiary alicyclic amines) is 1. The van der Waals surface area contributed by atoms with E-state index in [4.69, 9.17) is 0 Å². The Bertz CT molecular complexity index is 763. The minimum atomic E-state index is 0.0250. The summed E-state index contributed by atoms with van der Waals surface area (Å²) < 4.78 is 2.07. The molecule has 2 fully saturated rings. The van der Waals surface area contributed by atoms with Gasteiger partial charge in [-0.25, -0.2) is 4.68 Å². The Hall–Kier alpha value is -2.26. The maximum atomic E-state index is 9.35. The SMILES string of the molecule is N#Cc1cccc([C@@H](c2nnnn2C2CCCC2)N2CCCCCC2)c1. The van der Waals surface area contributed by atoms with Crippen LogP contribution in [0.5, 0.6) is 0 Å². The molecule has 6 heteroatoms. The molecule has 0 spiro atoms. The minimum Gasteiger partial charge on any atom is -0.290 e. The molecule has 0 unspecified atom stereocenters. The molecule has 0 bridgehead atoms. The van der Waals surface area contributed by atoms with Crippen LogP contribution >= 0.6 is 0 Å². The van der Waals surface area contributed by atoms with Crippen molar-refractivity contribution in [3.8, 4) is 6.07 Å². The second-order valence-corrected chi connectivity index (χ2v) is 7.51. The van der Waals surface area contributed by atoms with E-state index in [9.17, 15) is 5.26 Å². The van der Waals surface area contributed by atoms with Crippen molar-refractivity contribution in [2.24, 2.45) is 0 Å². The number of hydrogen-bond donors (Lipinski definition) is 0. The van der Waals surface area contributed by atoms with Gasteiger partial charge in [-0.05, 0) is 66.9 Å². The summed E-state index contributed by atoms with van der Waals surface area (Å²) in [4.78, 5) is 2.51. The van der Waals surface area contributed by atoms with Gasteiger partial charge >= 0.3 is 0 Å². The molecule has 2 heterocycles. The normalized spacial score (nSPS) is 20.6. The van der Waals surface area contributed by atoms with E-state index in [1.807, 2.05) is 18.2 Å². The van der Waals surface area contributed by atoms with Gasteiger partial charge in [-0.2, -0.15) is 5.26 Å². The number of benzene rings is 1. The lowest BCUT2D eigenvalue weighted by Gasteiger charge is -2.31. The van der Waals surface area contributed by atoms with Crippen LogP contribution in [0.2, 0.25) is 0 Å². The average molecular weight is 350 g/mol. The third-order valence-electron chi connectivity index (χ3n) is 5.77. The molecule has 136 valence electrons. The van der Waals surface area contributed by atoms with Gasteiger partial charge in [0, 0.05) is 0 Å². The topological polar surface area (TPSA) is 70.6 Å². The van der Waals surface area contributed by atoms with Gasteiger partial charge in [0.25, 0.3) is 0 Å². The van der Waals surface area contributed by atoms with Crippen molar-refractivity contribution in [1.29, 1.82) is 5.26 Å². The number of nitrogens with zero attached hydrogens (tertiary/aromatic N) is 6. The summed E-state index contributed by atoms with van der Waals surface area (Å²) in [7, 11) is 0. The molecule has 0 amide bonds. The second-order valence-electron chi connectivity index (χ2n) is 7.51. The molecule has 4 rings (SSSR count). The molecular formula is C20H26N6. The van der Waals surface area contributed by atoms with E-state index in [2.05, 4.69) is 37.2 Å². The number of aromatic nitrogens is 4. The van der Waals surface area contributed by atoms with Crippen LogP contribution in [0.4, 0.5) is 0 Å². The van der Waals surface area contributed by atoms with Gasteiger partial charge in [0.2, 0.25) is 0 Å². The Labute approximate surface area is 154 Å². The van der Waals surface area contributed by atoms with E-state index in [0.717, 1.165) is 37.3 Å². The summed E-state index contributed by atoms with van der Waals surface area (Å²) in [6.07, 6.45) is 9.80. The monoisotopic (exact) mass is 350 g/mol. The molecule has 2 aliphatic rings. The first-order valence-corrected chi connectivity index (χ1v) is 9.88. The zero-order valence-corrected chi connectivity index (χ0v) is 15.2. The highest BCUT2D eigenvalue weighted by Crippen LogP contribution is 2.35. The van der Waals surface area contributed by atoms with Crippen LogP contribution in [0.15, 0.2) is 24.3 Å². The second kappa shape index (κ2) is 7.96. The molecule has 1 aliphatic carbocycles.